The Bertz CT molecular complexity index is 89.3. The highest BCUT2D eigenvalue weighted by Gasteiger charge is 2.21. The molecular formula is C8H20OSi. The van der Waals surface area contributed by atoms with Crippen LogP contribution in [0.2, 0.25) is 19.1 Å². The van der Waals surface area contributed by atoms with Crippen molar-refractivity contribution in [2.24, 2.45) is 0 Å². The fourth-order valence-corrected chi connectivity index (χ4v) is 3.90. The van der Waals surface area contributed by atoms with Gasteiger partial charge in [-0.2, -0.15) is 0 Å². The molecule has 0 spiro atoms. The maximum absolute atomic E-state index is 5.82. The molecule has 0 aromatic rings. The molecule has 10 heavy (non-hydrogen) atoms. The number of rotatable bonds is 4. The van der Waals surface area contributed by atoms with Gasteiger partial charge in [-0.3, -0.25) is 0 Å². The summed E-state index contributed by atoms with van der Waals surface area (Å²) in [6.07, 6.45) is 1.67. The summed E-state index contributed by atoms with van der Waals surface area (Å²) in [4.78, 5) is 0. The Balaban J connectivity index is 3.63. The molecule has 0 saturated heterocycles. The maximum atomic E-state index is 5.82. The first-order chi connectivity index (χ1) is 4.48. The van der Waals surface area contributed by atoms with Gasteiger partial charge in [0.2, 0.25) is 0 Å². The SMILES string of the molecule is CCC[Si](C)(C)OC(C)C. The molecule has 0 radical (unpaired) electrons. The van der Waals surface area contributed by atoms with Crippen molar-refractivity contribution in [3.05, 3.63) is 0 Å². The average molecular weight is 160 g/mol. The van der Waals surface area contributed by atoms with Crippen LogP contribution in [0.25, 0.3) is 0 Å². The van der Waals surface area contributed by atoms with Crippen molar-refractivity contribution >= 4 is 8.32 Å². The fourth-order valence-electron chi connectivity index (χ4n) is 1.30. The van der Waals surface area contributed by atoms with E-state index in [9.17, 15) is 0 Å². The van der Waals surface area contributed by atoms with Crippen molar-refractivity contribution in [1.82, 2.24) is 0 Å². The number of hydrogen-bond donors (Lipinski definition) is 0. The molecule has 0 aliphatic carbocycles. The zero-order valence-electron chi connectivity index (χ0n) is 7.90. The van der Waals surface area contributed by atoms with Gasteiger partial charge in [0.25, 0.3) is 0 Å². The molecule has 0 unspecified atom stereocenters. The molecule has 0 rings (SSSR count). The Morgan fingerprint density at radius 2 is 1.80 bits per heavy atom. The van der Waals surface area contributed by atoms with E-state index >= 15 is 0 Å². The summed E-state index contributed by atoms with van der Waals surface area (Å²) in [6, 6.07) is 1.28. The zero-order valence-corrected chi connectivity index (χ0v) is 8.90. The van der Waals surface area contributed by atoms with Crippen molar-refractivity contribution in [1.29, 1.82) is 0 Å². The largest absolute Gasteiger partial charge is 0.415 e. The summed E-state index contributed by atoms with van der Waals surface area (Å²) in [5.41, 5.74) is 0. The van der Waals surface area contributed by atoms with Crippen LogP contribution in [0.15, 0.2) is 0 Å². The van der Waals surface area contributed by atoms with E-state index in [-0.39, 0.29) is 0 Å². The highest BCUT2D eigenvalue weighted by atomic mass is 28.4. The van der Waals surface area contributed by atoms with E-state index < -0.39 is 8.32 Å². The van der Waals surface area contributed by atoms with Gasteiger partial charge in [0.1, 0.15) is 0 Å². The van der Waals surface area contributed by atoms with Gasteiger partial charge in [-0.15, -0.1) is 0 Å². The van der Waals surface area contributed by atoms with Crippen molar-refractivity contribution in [2.75, 3.05) is 0 Å². The fraction of sp³-hybridized carbons (Fsp3) is 1.00. The average Bonchev–Trinajstić information content (AvgIpc) is 1.59. The highest BCUT2D eigenvalue weighted by Crippen LogP contribution is 2.14. The molecule has 1 nitrogen and oxygen atoms in total. The van der Waals surface area contributed by atoms with Gasteiger partial charge < -0.3 is 4.43 Å². The topological polar surface area (TPSA) is 9.23 Å². The van der Waals surface area contributed by atoms with Crippen LogP contribution in [0.5, 0.6) is 0 Å². The standard InChI is InChI=1S/C8H20OSi/c1-6-7-10(4,5)9-8(2)3/h8H,6-7H2,1-5H3. The van der Waals surface area contributed by atoms with E-state index in [4.69, 9.17) is 4.43 Å². The monoisotopic (exact) mass is 160 g/mol. The molecule has 0 aromatic heterocycles. The smallest absolute Gasteiger partial charge is 0.187 e. The van der Waals surface area contributed by atoms with E-state index in [0.29, 0.717) is 6.10 Å². The van der Waals surface area contributed by atoms with E-state index in [0.717, 1.165) is 0 Å². The molecule has 62 valence electrons. The summed E-state index contributed by atoms with van der Waals surface area (Å²) < 4.78 is 5.82. The van der Waals surface area contributed by atoms with E-state index in [1.165, 1.54) is 12.5 Å². The Morgan fingerprint density at radius 1 is 1.30 bits per heavy atom. The normalized spacial score (nSPS) is 12.6. The minimum atomic E-state index is -1.27. The van der Waals surface area contributed by atoms with Crippen LogP contribution in [0.4, 0.5) is 0 Å². The summed E-state index contributed by atoms with van der Waals surface area (Å²) in [6.45, 7) is 11.0. The van der Waals surface area contributed by atoms with Gasteiger partial charge >= 0.3 is 0 Å². The summed E-state index contributed by atoms with van der Waals surface area (Å²) in [5.74, 6) is 0. The lowest BCUT2D eigenvalue weighted by Crippen LogP contribution is -2.32. The van der Waals surface area contributed by atoms with Crippen LogP contribution in [-0.4, -0.2) is 14.4 Å². The first kappa shape index (κ1) is 10.2. The third kappa shape index (κ3) is 5.00. The van der Waals surface area contributed by atoms with E-state index in [1.54, 1.807) is 0 Å². The molecule has 0 heterocycles. The van der Waals surface area contributed by atoms with Crippen molar-refractivity contribution in [3.63, 3.8) is 0 Å². The second kappa shape index (κ2) is 4.14. The zero-order chi connectivity index (χ0) is 8.20. The van der Waals surface area contributed by atoms with E-state index in [2.05, 4.69) is 33.9 Å². The molecule has 0 N–H and O–H groups in total. The van der Waals surface area contributed by atoms with Crippen LogP contribution < -0.4 is 0 Å². The van der Waals surface area contributed by atoms with Crippen LogP contribution in [0, 0.1) is 0 Å². The molecule has 0 atom stereocenters. The van der Waals surface area contributed by atoms with Gasteiger partial charge in [0.15, 0.2) is 8.32 Å². The van der Waals surface area contributed by atoms with Gasteiger partial charge in [0, 0.05) is 6.10 Å². The van der Waals surface area contributed by atoms with Gasteiger partial charge in [0.05, 0.1) is 0 Å². The Hall–Kier alpha value is 0.177. The molecule has 0 aliphatic heterocycles. The molecule has 0 saturated carbocycles. The quantitative estimate of drug-likeness (QED) is 0.574. The van der Waals surface area contributed by atoms with Gasteiger partial charge in [-0.05, 0) is 33.0 Å². The van der Waals surface area contributed by atoms with Crippen LogP contribution in [-0.2, 0) is 4.43 Å². The lowest BCUT2D eigenvalue weighted by Gasteiger charge is -2.24. The molecule has 2 heteroatoms. The molecule has 0 amide bonds. The molecule has 0 fully saturated rings. The van der Waals surface area contributed by atoms with E-state index in [1.807, 2.05) is 0 Å². The molecular weight excluding hydrogens is 140 g/mol. The Labute approximate surface area is 65.9 Å². The maximum Gasteiger partial charge on any atom is 0.187 e. The minimum Gasteiger partial charge on any atom is -0.415 e. The lowest BCUT2D eigenvalue weighted by atomic mass is 10.5. The van der Waals surface area contributed by atoms with Crippen molar-refractivity contribution in [2.45, 2.75) is 52.4 Å². The van der Waals surface area contributed by atoms with Crippen LogP contribution in [0.3, 0.4) is 0 Å². The summed E-state index contributed by atoms with van der Waals surface area (Å²) in [7, 11) is -1.27. The third-order valence-corrected chi connectivity index (χ3v) is 4.22. The predicted molar refractivity (Wildman–Crippen MR) is 48.8 cm³/mol. The lowest BCUT2D eigenvalue weighted by molar-refractivity contribution is 0.231. The molecule has 0 aliphatic rings. The van der Waals surface area contributed by atoms with Crippen LogP contribution in [0.1, 0.15) is 27.2 Å². The highest BCUT2D eigenvalue weighted by molar-refractivity contribution is 6.71. The Kier molecular flexibility index (Phi) is 4.21. The second-order valence-corrected chi connectivity index (χ2v) is 7.93. The van der Waals surface area contributed by atoms with Crippen LogP contribution >= 0.6 is 0 Å². The van der Waals surface area contributed by atoms with Crippen molar-refractivity contribution in [3.8, 4) is 0 Å². The predicted octanol–water partition coefficient (Wildman–Crippen LogP) is 3.03. The van der Waals surface area contributed by atoms with Crippen molar-refractivity contribution < 1.29 is 4.43 Å². The third-order valence-electron chi connectivity index (χ3n) is 1.41. The first-order valence-electron chi connectivity index (χ1n) is 4.16. The minimum absolute atomic E-state index is 0.410. The van der Waals surface area contributed by atoms with Gasteiger partial charge in [-0.25, -0.2) is 0 Å². The molecule has 0 bridgehead atoms. The first-order valence-corrected chi connectivity index (χ1v) is 7.27. The Morgan fingerprint density at radius 3 is 2.10 bits per heavy atom. The number of hydrogen-bond acceptors (Lipinski definition) is 1. The van der Waals surface area contributed by atoms with Gasteiger partial charge in [-0.1, -0.05) is 13.3 Å². The second-order valence-electron chi connectivity index (χ2n) is 3.68. The summed E-state index contributed by atoms with van der Waals surface area (Å²) in [5, 5.41) is 0. The molecule has 0 aromatic carbocycles. The summed E-state index contributed by atoms with van der Waals surface area (Å²) >= 11 is 0.